The van der Waals surface area contributed by atoms with Crippen molar-refractivity contribution in [3.05, 3.63) is 33.4 Å². The predicted molar refractivity (Wildman–Crippen MR) is 81.4 cm³/mol. The fourth-order valence-electron chi connectivity index (χ4n) is 2.40. The van der Waals surface area contributed by atoms with Crippen LogP contribution in [0.4, 0.5) is 0 Å². The van der Waals surface area contributed by atoms with E-state index in [1.165, 1.54) is 12.0 Å². The molecule has 0 aliphatic carbocycles. The van der Waals surface area contributed by atoms with E-state index in [0.717, 1.165) is 9.13 Å². The van der Waals surface area contributed by atoms with Crippen LogP contribution in [-0.4, -0.2) is 47.7 Å². The van der Waals surface area contributed by atoms with Crippen LogP contribution in [0.5, 0.6) is 0 Å². The van der Waals surface area contributed by atoms with Crippen molar-refractivity contribution in [2.75, 3.05) is 13.7 Å². The number of rotatable bonds is 4. The summed E-state index contributed by atoms with van der Waals surface area (Å²) >= 11 is 2.19. The van der Waals surface area contributed by atoms with Gasteiger partial charge in [-0.15, -0.1) is 0 Å². The molecule has 1 aromatic rings. The van der Waals surface area contributed by atoms with E-state index < -0.39 is 12.0 Å². The zero-order chi connectivity index (χ0) is 14.7. The van der Waals surface area contributed by atoms with Gasteiger partial charge in [0.05, 0.1) is 12.5 Å². The molecule has 1 aliphatic heterocycles. The van der Waals surface area contributed by atoms with Crippen LogP contribution in [-0.2, 0) is 20.7 Å². The van der Waals surface area contributed by atoms with Gasteiger partial charge in [0, 0.05) is 23.6 Å². The molecule has 0 saturated carbocycles. The standard InChI is InChI=1S/C14H16INO4/c1-20-11-7-12(14(18)19)16(8-11)13(17)6-9-3-2-4-10(15)5-9/h2-5,11-12H,6-8H2,1H3,(H,18,19). The maximum absolute atomic E-state index is 12.3. The van der Waals surface area contributed by atoms with Crippen LogP contribution in [0.15, 0.2) is 24.3 Å². The largest absolute Gasteiger partial charge is 0.480 e. The van der Waals surface area contributed by atoms with E-state index in [1.54, 1.807) is 0 Å². The number of hydrogen-bond donors (Lipinski definition) is 1. The van der Waals surface area contributed by atoms with Crippen molar-refractivity contribution in [3.63, 3.8) is 0 Å². The maximum Gasteiger partial charge on any atom is 0.326 e. The molecular formula is C14H16INO4. The van der Waals surface area contributed by atoms with Crippen molar-refractivity contribution >= 4 is 34.5 Å². The topological polar surface area (TPSA) is 66.8 Å². The number of aliphatic carboxylic acids is 1. The number of benzene rings is 1. The number of likely N-dealkylation sites (tertiary alicyclic amines) is 1. The quantitative estimate of drug-likeness (QED) is 0.794. The molecule has 0 aromatic heterocycles. The number of carboxylic acids is 1. The second-order valence-electron chi connectivity index (χ2n) is 4.80. The normalized spacial score (nSPS) is 22.0. The Kier molecular flexibility index (Phi) is 4.98. The maximum atomic E-state index is 12.3. The average molecular weight is 389 g/mol. The number of nitrogens with zero attached hydrogens (tertiary/aromatic N) is 1. The first-order valence-electron chi connectivity index (χ1n) is 6.30. The summed E-state index contributed by atoms with van der Waals surface area (Å²) in [6.45, 7) is 0.343. The highest BCUT2D eigenvalue weighted by Crippen LogP contribution is 2.21. The Labute approximate surface area is 131 Å². The van der Waals surface area contributed by atoms with Crippen molar-refractivity contribution in [1.29, 1.82) is 0 Å². The van der Waals surface area contributed by atoms with Crippen molar-refractivity contribution in [2.45, 2.75) is 25.0 Å². The Balaban J connectivity index is 2.09. The number of amides is 1. The lowest BCUT2D eigenvalue weighted by molar-refractivity contribution is -0.148. The summed E-state index contributed by atoms with van der Waals surface area (Å²) in [5.74, 6) is -1.14. The lowest BCUT2D eigenvalue weighted by Gasteiger charge is -2.21. The van der Waals surface area contributed by atoms with E-state index in [0.29, 0.717) is 13.0 Å². The first kappa shape index (κ1) is 15.2. The molecule has 108 valence electrons. The van der Waals surface area contributed by atoms with E-state index in [2.05, 4.69) is 22.6 Å². The van der Waals surface area contributed by atoms with Crippen LogP contribution in [0.1, 0.15) is 12.0 Å². The van der Waals surface area contributed by atoms with Crippen LogP contribution >= 0.6 is 22.6 Å². The van der Waals surface area contributed by atoms with Gasteiger partial charge < -0.3 is 14.7 Å². The molecule has 1 amide bonds. The highest BCUT2D eigenvalue weighted by molar-refractivity contribution is 14.1. The Morgan fingerprint density at radius 1 is 1.50 bits per heavy atom. The first-order chi connectivity index (χ1) is 9.51. The summed E-state index contributed by atoms with van der Waals surface area (Å²) in [4.78, 5) is 25.0. The van der Waals surface area contributed by atoms with E-state index in [1.807, 2.05) is 24.3 Å². The van der Waals surface area contributed by atoms with Crippen molar-refractivity contribution in [2.24, 2.45) is 0 Å². The molecule has 1 heterocycles. The first-order valence-corrected chi connectivity index (χ1v) is 7.38. The zero-order valence-corrected chi connectivity index (χ0v) is 13.2. The van der Waals surface area contributed by atoms with Gasteiger partial charge in [0.1, 0.15) is 6.04 Å². The van der Waals surface area contributed by atoms with E-state index >= 15 is 0 Å². The Morgan fingerprint density at radius 2 is 2.25 bits per heavy atom. The molecule has 1 saturated heterocycles. The minimum absolute atomic E-state index is 0.168. The fourth-order valence-corrected chi connectivity index (χ4v) is 3.01. The third-order valence-electron chi connectivity index (χ3n) is 3.45. The third-order valence-corrected chi connectivity index (χ3v) is 4.12. The van der Waals surface area contributed by atoms with E-state index in [4.69, 9.17) is 4.74 Å². The van der Waals surface area contributed by atoms with E-state index in [9.17, 15) is 14.7 Å². The van der Waals surface area contributed by atoms with Gasteiger partial charge >= 0.3 is 5.97 Å². The van der Waals surface area contributed by atoms with Gasteiger partial charge in [-0.05, 0) is 40.3 Å². The van der Waals surface area contributed by atoms with Gasteiger partial charge in [0.25, 0.3) is 0 Å². The lowest BCUT2D eigenvalue weighted by Crippen LogP contribution is -2.41. The smallest absolute Gasteiger partial charge is 0.326 e. The molecule has 1 aromatic carbocycles. The molecule has 0 spiro atoms. The number of hydrogen-bond acceptors (Lipinski definition) is 3. The van der Waals surface area contributed by atoms with Gasteiger partial charge in [0.15, 0.2) is 0 Å². The van der Waals surface area contributed by atoms with Crippen LogP contribution in [0, 0.1) is 3.57 Å². The second-order valence-corrected chi connectivity index (χ2v) is 6.05. The highest BCUT2D eigenvalue weighted by Gasteiger charge is 2.39. The monoisotopic (exact) mass is 389 g/mol. The molecule has 1 fully saturated rings. The van der Waals surface area contributed by atoms with Crippen molar-refractivity contribution in [3.8, 4) is 0 Å². The van der Waals surface area contributed by atoms with Gasteiger partial charge in [-0.2, -0.15) is 0 Å². The summed E-state index contributed by atoms with van der Waals surface area (Å²) in [5.41, 5.74) is 0.895. The van der Waals surface area contributed by atoms with Crippen molar-refractivity contribution in [1.82, 2.24) is 4.90 Å². The van der Waals surface area contributed by atoms with Crippen LogP contribution in [0.3, 0.4) is 0 Å². The third kappa shape index (κ3) is 3.49. The SMILES string of the molecule is COC1CC(C(=O)O)N(C(=O)Cc2cccc(I)c2)C1. The number of carbonyl (C=O) groups excluding carboxylic acids is 1. The van der Waals surface area contributed by atoms with Gasteiger partial charge in [-0.25, -0.2) is 4.79 Å². The van der Waals surface area contributed by atoms with Gasteiger partial charge in [-0.1, -0.05) is 12.1 Å². The molecule has 0 radical (unpaired) electrons. The molecule has 1 aliphatic rings. The lowest BCUT2D eigenvalue weighted by atomic mass is 10.1. The zero-order valence-electron chi connectivity index (χ0n) is 11.1. The van der Waals surface area contributed by atoms with Gasteiger partial charge in [-0.3, -0.25) is 4.79 Å². The summed E-state index contributed by atoms with van der Waals surface area (Å²) in [7, 11) is 1.54. The minimum Gasteiger partial charge on any atom is -0.480 e. The molecule has 0 bridgehead atoms. The highest BCUT2D eigenvalue weighted by atomic mass is 127. The van der Waals surface area contributed by atoms with Crippen LogP contribution in [0.25, 0.3) is 0 Å². The van der Waals surface area contributed by atoms with Gasteiger partial charge in [0.2, 0.25) is 5.91 Å². The molecular weight excluding hydrogens is 373 g/mol. The molecule has 2 rings (SSSR count). The van der Waals surface area contributed by atoms with Crippen LogP contribution < -0.4 is 0 Å². The van der Waals surface area contributed by atoms with Crippen molar-refractivity contribution < 1.29 is 19.4 Å². The average Bonchev–Trinajstić information content (AvgIpc) is 2.83. The predicted octanol–water partition coefficient (Wildman–Crippen LogP) is 1.53. The number of methoxy groups -OCH3 is 1. The molecule has 2 atom stereocenters. The molecule has 20 heavy (non-hydrogen) atoms. The fraction of sp³-hybridized carbons (Fsp3) is 0.429. The number of carboxylic acid groups (broad SMARTS) is 1. The minimum atomic E-state index is -0.972. The Bertz CT molecular complexity index is 520. The van der Waals surface area contributed by atoms with E-state index in [-0.39, 0.29) is 18.4 Å². The number of halogens is 1. The number of ether oxygens (including phenoxy) is 1. The molecule has 5 nitrogen and oxygen atoms in total. The van der Waals surface area contributed by atoms with Crippen LogP contribution in [0.2, 0.25) is 0 Å². The summed E-state index contributed by atoms with van der Waals surface area (Å²) in [6.07, 6.45) is 0.372. The molecule has 1 N–H and O–H groups in total. The summed E-state index contributed by atoms with van der Waals surface area (Å²) < 4.78 is 6.24. The summed E-state index contributed by atoms with van der Waals surface area (Å²) in [6, 6.07) is 6.86. The Hall–Kier alpha value is -1.15. The second kappa shape index (κ2) is 6.53. The molecule has 2 unspecified atom stereocenters. The Morgan fingerprint density at radius 3 is 2.85 bits per heavy atom. The summed E-state index contributed by atoms with van der Waals surface area (Å²) in [5, 5.41) is 9.21. The number of carbonyl (C=O) groups is 2. The molecule has 6 heteroatoms.